The Morgan fingerprint density at radius 3 is 2.43 bits per heavy atom. The van der Waals surface area contributed by atoms with E-state index in [1.54, 1.807) is 60.8 Å². The van der Waals surface area contributed by atoms with Crippen molar-refractivity contribution >= 4 is 34.9 Å². The summed E-state index contributed by atoms with van der Waals surface area (Å²) in [6.45, 7) is 0. The molecule has 7 heteroatoms. The molecule has 0 spiro atoms. The molecule has 1 saturated heterocycles. The second-order valence-corrected chi connectivity index (χ2v) is 7.02. The fourth-order valence-electron chi connectivity index (χ4n) is 3.48. The first-order chi connectivity index (χ1) is 14.5. The third-order valence-electron chi connectivity index (χ3n) is 4.88. The second-order valence-electron chi connectivity index (χ2n) is 6.62. The van der Waals surface area contributed by atoms with Crippen LogP contribution in [0, 0.1) is 0 Å². The number of aliphatic hydroxyl groups excluding tert-OH is 1. The number of methoxy groups -OCH3 is 1. The van der Waals surface area contributed by atoms with E-state index in [4.69, 9.17) is 16.3 Å². The van der Waals surface area contributed by atoms with E-state index in [2.05, 4.69) is 4.98 Å². The molecule has 0 saturated carbocycles. The highest BCUT2D eigenvalue weighted by atomic mass is 35.5. The Bertz CT molecular complexity index is 1150. The highest BCUT2D eigenvalue weighted by molar-refractivity contribution is 6.51. The van der Waals surface area contributed by atoms with E-state index < -0.39 is 17.7 Å². The zero-order valence-corrected chi connectivity index (χ0v) is 16.7. The van der Waals surface area contributed by atoms with Crippen LogP contribution in [0.15, 0.2) is 78.5 Å². The van der Waals surface area contributed by atoms with Gasteiger partial charge in [0.25, 0.3) is 5.78 Å². The van der Waals surface area contributed by atoms with Gasteiger partial charge in [-0.3, -0.25) is 14.5 Å². The first kappa shape index (κ1) is 19.7. The molecule has 4 rings (SSSR count). The number of amides is 1. The minimum atomic E-state index is -0.832. The quantitative estimate of drug-likeness (QED) is 0.385. The van der Waals surface area contributed by atoms with Gasteiger partial charge in [0.2, 0.25) is 0 Å². The molecule has 2 heterocycles. The molecule has 3 aromatic rings. The van der Waals surface area contributed by atoms with E-state index >= 15 is 0 Å². The number of aliphatic hydroxyl groups is 1. The lowest BCUT2D eigenvalue weighted by Crippen LogP contribution is -2.30. The largest absolute Gasteiger partial charge is 0.507 e. The molecule has 1 atom stereocenters. The zero-order valence-electron chi connectivity index (χ0n) is 15.9. The van der Waals surface area contributed by atoms with Crippen LogP contribution in [0.3, 0.4) is 0 Å². The van der Waals surface area contributed by atoms with Crippen LogP contribution in [0.1, 0.15) is 17.2 Å². The minimum absolute atomic E-state index is 0.0295. The van der Waals surface area contributed by atoms with Crippen LogP contribution in [0.2, 0.25) is 5.02 Å². The van der Waals surface area contributed by atoms with Crippen LogP contribution in [0.25, 0.3) is 5.76 Å². The van der Waals surface area contributed by atoms with Gasteiger partial charge in [-0.05, 0) is 35.9 Å². The number of carbonyl (C=O) groups excluding carboxylic acids is 2. The van der Waals surface area contributed by atoms with E-state index in [-0.39, 0.29) is 16.4 Å². The van der Waals surface area contributed by atoms with Crippen LogP contribution < -0.4 is 9.64 Å². The molecule has 150 valence electrons. The third kappa shape index (κ3) is 3.31. The van der Waals surface area contributed by atoms with E-state index in [1.807, 2.05) is 6.07 Å². The standard InChI is InChI=1S/C23H17ClN2O4/c1-30-17-11-10-15(13-16(17)24)21(27)19-20(14-7-3-2-4-8-14)26(23(29)22(19)28)18-9-5-6-12-25-18/h2-13,20,27H,1H3/t20-/m0/s1. The lowest BCUT2D eigenvalue weighted by molar-refractivity contribution is -0.132. The van der Waals surface area contributed by atoms with Crippen LogP contribution in [-0.2, 0) is 9.59 Å². The smallest absolute Gasteiger partial charge is 0.301 e. The highest BCUT2D eigenvalue weighted by Gasteiger charge is 2.47. The summed E-state index contributed by atoms with van der Waals surface area (Å²) in [5, 5.41) is 11.3. The number of hydrogen-bond donors (Lipinski definition) is 1. The second kappa shape index (κ2) is 8.00. The Morgan fingerprint density at radius 2 is 1.80 bits per heavy atom. The van der Waals surface area contributed by atoms with Crippen molar-refractivity contribution in [2.24, 2.45) is 0 Å². The van der Waals surface area contributed by atoms with Gasteiger partial charge in [-0.1, -0.05) is 48.0 Å². The number of ketones is 1. The predicted molar refractivity (Wildman–Crippen MR) is 113 cm³/mol. The molecule has 1 aliphatic rings. The van der Waals surface area contributed by atoms with E-state index in [0.717, 1.165) is 0 Å². The van der Waals surface area contributed by atoms with Gasteiger partial charge in [0.1, 0.15) is 17.3 Å². The molecule has 0 unspecified atom stereocenters. The summed E-state index contributed by atoms with van der Waals surface area (Å²) in [6, 6.07) is 17.9. The molecular formula is C23H17ClN2O4. The fraction of sp³-hybridized carbons (Fsp3) is 0.0870. The summed E-state index contributed by atoms with van der Waals surface area (Å²) in [6.07, 6.45) is 1.54. The Hall–Kier alpha value is -3.64. The number of hydrogen-bond acceptors (Lipinski definition) is 5. The van der Waals surface area contributed by atoms with Crippen molar-refractivity contribution in [1.82, 2.24) is 4.98 Å². The van der Waals surface area contributed by atoms with Crippen molar-refractivity contribution in [3.63, 3.8) is 0 Å². The molecule has 1 aromatic heterocycles. The minimum Gasteiger partial charge on any atom is -0.507 e. The Labute approximate surface area is 178 Å². The SMILES string of the molecule is COc1ccc(C(O)=C2C(=O)C(=O)N(c3ccccn3)[C@H]2c2ccccc2)cc1Cl. The summed E-state index contributed by atoms with van der Waals surface area (Å²) in [5.41, 5.74) is 0.947. The van der Waals surface area contributed by atoms with Gasteiger partial charge in [-0.25, -0.2) is 4.98 Å². The maximum atomic E-state index is 13.0. The molecule has 2 aromatic carbocycles. The first-order valence-electron chi connectivity index (χ1n) is 9.14. The number of carbonyl (C=O) groups is 2. The number of aromatic nitrogens is 1. The topological polar surface area (TPSA) is 79.7 Å². The van der Waals surface area contributed by atoms with E-state index in [0.29, 0.717) is 22.7 Å². The lowest BCUT2D eigenvalue weighted by Gasteiger charge is -2.24. The number of pyridine rings is 1. The molecular weight excluding hydrogens is 404 g/mol. The Kier molecular flexibility index (Phi) is 5.25. The number of halogens is 1. The third-order valence-corrected chi connectivity index (χ3v) is 5.18. The summed E-state index contributed by atoms with van der Waals surface area (Å²) in [5.74, 6) is -1.12. The normalized spacial score (nSPS) is 17.9. The first-order valence-corrected chi connectivity index (χ1v) is 9.51. The highest BCUT2D eigenvalue weighted by Crippen LogP contribution is 2.42. The van der Waals surface area contributed by atoms with E-state index in [1.165, 1.54) is 18.1 Å². The molecule has 6 nitrogen and oxygen atoms in total. The van der Waals surface area contributed by atoms with Crippen molar-refractivity contribution in [2.45, 2.75) is 6.04 Å². The van der Waals surface area contributed by atoms with Crippen molar-refractivity contribution in [1.29, 1.82) is 0 Å². The summed E-state index contributed by atoms with van der Waals surface area (Å²) < 4.78 is 5.14. The maximum Gasteiger partial charge on any atom is 0.301 e. The number of rotatable bonds is 4. The van der Waals surface area contributed by atoms with Crippen molar-refractivity contribution in [3.05, 3.63) is 94.6 Å². The van der Waals surface area contributed by atoms with Gasteiger partial charge in [-0.15, -0.1) is 0 Å². The van der Waals surface area contributed by atoms with Gasteiger partial charge in [0.05, 0.1) is 23.7 Å². The maximum absolute atomic E-state index is 13.0. The number of benzene rings is 2. The van der Waals surface area contributed by atoms with Crippen LogP contribution >= 0.6 is 11.6 Å². The van der Waals surface area contributed by atoms with Crippen molar-refractivity contribution < 1.29 is 19.4 Å². The van der Waals surface area contributed by atoms with Gasteiger partial charge in [0, 0.05) is 11.8 Å². The molecule has 1 amide bonds. The summed E-state index contributed by atoms with van der Waals surface area (Å²) in [4.78, 5) is 31.5. The van der Waals surface area contributed by atoms with Gasteiger partial charge < -0.3 is 9.84 Å². The molecule has 0 bridgehead atoms. The summed E-state index contributed by atoms with van der Waals surface area (Å²) in [7, 11) is 1.48. The van der Waals surface area contributed by atoms with Crippen molar-refractivity contribution in [3.8, 4) is 5.75 Å². The Morgan fingerprint density at radius 1 is 1.07 bits per heavy atom. The Balaban J connectivity index is 1.93. The zero-order chi connectivity index (χ0) is 21.3. The van der Waals surface area contributed by atoms with Gasteiger partial charge in [-0.2, -0.15) is 0 Å². The van der Waals surface area contributed by atoms with Gasteiger partial charge >= 0.3 is 5.91 Å². The number of Topliss-reactive ketones (excluding diaryl/α,β-unsaturated/α-hetero) is 1. The lowest BCUT2D eigenvalue weighted by atomic mass is 9.95. The molecule has 1 aliphatic heterocycles. The number of ether oxygens (including phenoxy) is 1. The molecule has 0 aliphatic carbocycles. The van der Waals surface area contributed by atoms with Crippen LogP contribution in [0.5, 0.6) is 5.75 Å². The van der Waals surface area contributed by atoms with E-state index in [9.17, 15) is 14.7 Å². The molecule has 1 fully saturated rings. The van der Waals surface area contributed by atoms with Crippen LogP contribution in [0.4, 0.5) is 5.82 Å². The number of anilines is 1. The van der Waals surface area contributed by atoms with Crippen LogP contribution in [-0.4, -0.2) is 28.9 Å². The predicted octanol–water partition coefficient (Wildman–Crippen LogP) is 4.37. The summed E-state index contributed by atoms with van der Waals surface area (Å²) >= 11 is 6.19. The molecule has 1 N–H and O–H groups in total. The molecule has 0 radical (unpaired) electrons. The fourth-order valence-corrected chi connectivity index (χ4v) is 3.74. The van der Waals surface area contributed by atoms with Crippen molar-refractivity contribution in [2.75, 3.05) is 12.0 Å². The monoisotopic (exact) mass is 420 g/mol. The average Bonchev–Trinajstić information content (AvgIpc) is 3.05. The number of nitrogens with zero attached hydrogens (tertiary/aromatic N) is 2. The molecule has 30 heavy (non-hydrogen) atoms. The van der Waals surface area contributed by atoms with Gasteiger partial charge in [0.15, 0.2) is 0 Å². The average molecular weight is 421 g/mol.